The van der Waals surface area contributed by atoms with Gasteiger partial charge in [0.25, 0.3) is 0 Å². The van der Waals surface area contributed by atoms with Gasteiger partial charge in [-0.1, -0.05) is 157 Å². The van der Waals surface area contributed by atoms with Crippen LogP contribution in [-0.4, -0.2) is 15.0 Å². The number of aromatic nitrogens is 3. The van der Waals surface area contributed by atoms with Gasteiger partial charge < -0.3 is 0 Å². The van der Waals surface area contributed by atoms with Gasteiger partial charge in [-0.25, -0.2) is 15.0 Å². The van der Waals surface area contributed by atoms with Crippen LogP contribution in [0.15, 0.2) is 198 Å². The Labute approximate surface area is 291 Å². The third-order valence-electron chi connectivity index (χ3n) is 8.37. The van der Waals surface area contributed by atoms with E-state index in [4.69, 9.17) is 15.0 Å². The average Bonchev–Trinajstić information content (AvgIpc) is 3.19. The largest absolute Gasteiger partial charge is 0.248 e. The Morgan fingerprint density at radius 1 is 0.265 bits per heavy atom. The van der Waals surface area contributed by atoms with Crippen molar-refractivity contribution >= 4 is 11.8 Å². The third-order valence-corrected chi connectivity index (χ3v) is 9.38. The van der Waals surface area contributed by atoms with Gasteiger partial charge >= 0.3 is 0 Å². The van der Waals surface area contributed by atoms with Crippen molar-refractivity contribution in [3.8, 4) is 67.5 Å². The van der Waals surface area contributed by atoms with E-state index in [0.717, 1.165) is 67.5 Å². The molecule has 0 aliphatic heterocycles. The first kappa shape index (κ1) is 30.2. The molecule has 0 radical (unpaired) electrons. The third kappa shape index (κ3) is 6.96. The van der Waals surface area contributed by atoms with E-state index in [-0.39, 0.29) is 0 Å². The minimum Gasteiger partial charge on any atom is -0.248 e. The smallest absolute Gasteiger partial charge is 0.160 e. The summed E-state index contributed by atoms with van der Waals surface area (Å²) in [4.78, 5) is 17.3. The predicted octanol–water partition coefficient (Wildman–Crippen LogP) is 12.0. The van der Waals surface area contributed by atoms with Crippen LogP contribution in [0, 0.1) is 0 Å². The molecule has 8 rings (SSSR count). The van der Waals surface area contributed by atoms with E-state index in [1.165, 1.54) is 9.79 Å². The molecule has 6 aromatic carbocycles. The molecule has 0 aliphatic carbocycles. The summed E-state index contributed by atoms with van der Waals surface area (Å²) in [6, 6.07) is 65.1. The lowest BCUT2D eigenvalue weighted by atomic mass is 10.00. The van der Waals surface area contributed by atoms with Crippen LogP contribution in [0.1, 0.15) is 0 Å². The number of benzene rings is 6. The van der Waals surface area contributed by atoms with Crippen LogP contribution in [-0.2, 0) is 0 Å². The molecule has 2 aromatic heterocycles. The van der Waals surface area contributed by atoms with Crippen LogP contribution < -0.4 is 0 Å². The molecular formula is C45H31N3S. The summed E-state index contributed by atoms with van der Waals surface area (Å²) in [7, 11) is 0. The van der Waals surface area contributed by atoms with Gasteiger partial charge in [-0.3, -0.25) is 0 Å². The van der Waals surface area contributed by atoms with Crippen LogP contribution >= 0.6 is 11.8 Å². The molecule has 8 aromatic rings. The second kappa shape index (κ2) is 13.9. The Balaban J connectivity index is 1.06. The minimum atomic E-state index is 0.719. The molecule has 0 saturated heterocycles. The molecule has 0 amide bonds. The molecule has 49 heavy (non-hydrogen) atoms. The fourth-order valence-corrected chi connectivity index (χ4v) is 6.64. The van der Waals surface area contributed by atoms with Crippen molar-refractivity contribution < 1.29 is 0 Å². The van der Waals surface area contributed by atoms with E-state index in [1.54, 1.807) is 11.8 Å². The maximum Gasteiger partial charge on any atom is 0.160 e. The second-order valence-corrected chi connectivity index (χ2v) is 12.9. The van der Waals surface area contributed by atoms with Crippen LogP contribution in [0.3, 0.4) is 0 Å². The minimum absolute atomic E-state index is 0.719. The zero-order valence-corrected chi connectivity index (χ0v) is 27.5. The molecular weight excluding hydrogens is 615 g/mol. The molecule has 0 bridgehead atoms. The fourth-order valence-electron chi connectivity index (χ4n) is 5.82. The van der Waals surface area contributed by atoms with Gasteiger partial charge in [-0.15, -0.1) is 0 Å². The predicted molar refractivity (Wildman–Crippen MR) is 203 cm³/mol. The van der Waals surface area contributed by atoms with Crippen LogP contribution in [0.25, 0.3) is 67.5 Å². The second-order valence-electron chi connectivity index (χ2n) is 11.7. The summed E-state index contributed by atoms with van der Waals surface area (Å²) in [6.07, 6.45) is 0. The van der Waals surface area contributed by atoms with Crippen LogP contribution in [0.2, 0.25) is 0 Å². The molecule has 3 nitrogen and oxygen atoms in total. The lowest BCUT2D eigenvalue weighted by Crippen LogP contribution is -1.95. The highest BCUT2D eigenvalue weighted by atomic mass is 32.2. The monoisotopic (exact) mass is 645 g/mol. The average molecular weight is 646 g/mol. The van der Waals surface area contributed by atoms with Crippen molar-refractivity contribution in [1.82, 2.24) is 15.0 Å². The highest BCUT2D eigenvalue weighted by Crippen LogP contribution is 2.34. The van der Waals surface area contributed by atoms with Crippen molar-refractivity contribution in [1.29, 1.82) is 0 Å². The van der Waals surface area contributed by atoms with Crippen LogP contribution in [0.4, 0.5) is 0 Å². The van der Waals surface area contributed by atoms with Gasteiger partial charge in [0.05, 0.1) is 22.8 Å². The quantitative estimate of drug-likeness (QED) is 0.165. The molecule has 0 fully saturated rings. The van der Waals surface area contributed by atoms with E-state index < -0.39 is 0 Å². The first-order valence-electron chi connectivity index (χ1n) is 16.3. The molecule has 0 spiro atoms. The summed E-state index contributed by atoms with van der Waals surface area (Å²) in [6.45, 7) is 0. The van der Waals surface area contributed by atoms with E-state index >= 15 is 0 Å². The Morgan fingerprint density at radius 3 is 1.04 bits per heavy atom. The maximum absolute atomic E-state index is 5.03. The Bertz CT molecular complexity index is 2020. The number of hydrogen-bond acceptors (Lipinski definition) is 4. The molecule has 2 heterocycles. The van der Waals surface area contributed by atoms with Crippen molar-refractivity contribution in [3.05, 3.63) is 188 Å². The van der Waals surface area contributed by atoms with Gasteiger partial charge in [0.1, 0.15) is 0 Å². The van der Waals surface area contributed by atoms with Gasteiger partial charge in [-0.2, -0.15) is 0 Å². The number of pyridine rings is 1. The Hall–Kier alpha value is -6.10. The van der Waals surface area contributed by atoms with Gasteiger partial charge in [0.15, 0.2) is 5.82 Å². The normalized spacial score (nSPS) is 10.9. The standard InChI is InChI=1S/C45H31N3S/c1-5-13-33(14-6-1)41-29-38(30-42(46-41)34-15-7-2-8-16-34)32-21-25-39(26-22-32)49-40-27-23-36(24-28-40)44-31-43(35-17-9-3-10-18-35)47-45(48-44)37-19-11-4-12-20-37/h1-31H. The number of nitrogens with zero attached hydrogens (tertiary/aromatic N) is 3. The topological polar surface area (TPSA) is 38.7 Å². The van der Waals surface area contributed by atoms with Crippen molar-refractivity contribution in [2.45, 2.75) is 9.79 Å². The van der Waals surface area contributed by atoms with Crippen molar-refractivity contribution in [2.75, 3.05) is 0 Å². The SMILES string of the molecule is c1ccc(-c2cc(-c3ccc(Sc4ccc(-c5cc(-c6ccccc6)nc(-c6ccccc6)n5)cc4)cc3)cc(-c3ccccc3)n2)cc1. The molecule has 0 atom stereocenters. The van der Waals surface area contributed by atoms with E-state index in [0.29, 0.717) is 0 Å². The summed E-state index contributed by atoms with van der Waals surface area (Å²) < 4.78 is 0. The first-order chi connectivity index (χ1) is 24.2. The summed E-state index contributed by atoms with van der Waals surface area (Å²) in [5.74, 6) is 0.719. The van der Waals surface area contributed by atoms with Gasteiger partial charge in [-0.05, 0) is 53.6 Å². The fraction of sp³-hybridized carbons (Fsp3) is 0. The van der Waals surface area contributed by atoms with Crippen molar-refractivity contribution in [3.63, 3.8) is 0 Å². The van der Waals surface area contributed by atoms with E-state index in [1.807, 2.05) is 48.5 Å². The van der Waals surface area contributed by atoms with E-state index in [9.17, 15) is 0 Å². The summed E-state index contributed by atoms with van der Waals surface area (Å²) in [5.41, 5.74) is 11.4. The summed E-state index contributed by atoms with van der Waals surface area (Å²) >= 11 is 1.75. The molecule has 0 unspecified atom stereocenters. The van der Waals surface area contributed by atoms with Gasteiger partial charge in [0, 0.05) is 37.6 Å². The highest BCUT2D eigenvalue weighted by molar-refractivity contribution is 7.99. The lowest BCUT2D eigenvalue weighted by Gasteiger charge is -2.11. The van der Waals surface area contributed by atoms with Crippen LogP contribution in [0.5, 0.6) is 0 Å². The molecule has 232 valence electrons. The zero-order valence-electron chi connectivity index (χ0n) is 26.6. The first-order valence-corrected chi connectivity index (χ1v) is 17.1. The number of rotatable bonds is 8. The molecule has 0 aliphatic rings. The molecule has 0 N–H and O–H groups in total. The molecule has 4 heteroatoms. The number of hydrogen-bond donors (Lipinski definition) is 0. The zero-order chi connectivity index (χ0) is 32.8. The highest BCUT2D eigenvalue weighted by Gasteiger charge is 2.12. The summed E-state index contributed by atoms with van der Waals surface area (Å²) in [5, 5.41) is 0. The van der Waals surface area contributed by atoms with E-state index in [2.05, 4.69) is 140 Å². The van der Waals surface area contributed by atoms with Gasteiger partial charge in [0.2, 0.25) is 0 Å². The maximum atomic E-state index is 5.03. The molecule has 0 saturated carbocycles. The van der Waals surface area contributed by atoms with Crippen molar-refractivity contribution in [2.24, 2.45) is 0 Å². The Morgan fingerprint density at radius 2 is 0.612 bits per heavy atom. The lowest BCUT2D eigenvalue weighted by molar-refractivity contribution is 1.18. The Kier molecular flexibility index (Phi) is 8.61.